The van der Waals surface area contributed by atoms with E-state index in [4.69, 9.17) is 4.74 Å². The fourth-order valence-corrected chi connectivity index (χ4v) is 2.75. The summed E-state index contributed by atoms with van der Waals surface area (Å²) in [6, 6.07) is 18.6. The first-order valence-corrected chi connectivity index (χ1v) is 9.84. The second-order valence-corrected chi connectivity index (χ2v) is 6.62. The lowest BCUT2D eigenvalue weighted by Crippen LogP contribution is -2.22. The summed E-state index contributed by atoms with van der Waals surface area (Å²) < 4.78 is 23.3. The van der Waals surface area contributed by atoms with Crippen molar-refractivity contribution in [1.82, 2.24) is 5.32 Å². The Labute approximate surface area is 184 Å². The van der Waals surface area contributed by atoms with Crippen LogP contribution < -0.4 is 15.4 Å². The fourth-order valence-electron chi connectivity index (χ4n) is 2.75. The molecule has 0 spiro atoms. The van der Waals surface area contributed by atoms with Crippen molar-refractivity contribution in [2.75, 3.05) is 11.9 Å². The number of carbonyl (C=O) groups is 3. The molecule has 0 fully saturated rings. The summed E-state index contributed by atoms with van der Waals surface area (Å²) in [6.45, 7) is 2.14. The molecule has 0 aromatic heterocycles. The molecule has 0 radical (unpaired) electrons. The van der Waals surface area contributed by atoms with E-state index in [0.29, 0.717) is 11.3 Å². The van der Waals surface area contributed by atoms with Crippen molar-refractivity contribution in [3.8, 4) is 5.75 Å². The zero-order chi connectivity index (χ0) is 22.9. The van der Waals surface area contributed by atoms with Crippen molar-refractivity contribution in [3.05, 3.63) is 95.3 Å². The Hall–Kier alpha value is -4.20. The van der Waals surface area contributed by atoms with E-state index in [1.54, 1.807) is 37.3 Å². The lowest BCUT2D eigenvalue weighted by molar-refractivity contribution is 0.0950. The summed E-state index contributed by atoms with van der Waals surface area (Å²) in [5, 5.41) is 5.41. The normalized spacial score (nSPS) is 10.2. The molecule has 0 atom stereocenters. The molecular formula is C24H21FN2O5. The number of benzene rings is 3. The molecule has 0 aliphatic carbocycles. The Bertz CT molecular complexity index is 1100. The maximum atomic E-state index is 13.7. The standard InChI is InChI=1S/C24H21FN2O5/c1-2-31-24(30)32-19-13-9-17(10-14-19)22(28)26-15-16-7-11-18(12-8-16)27-23(29)20-5-3-4-6-21(20)25/h3-14H,2,15H2,1H3,(H,26,28)(H,27,29). The van der Waals surface area contributed by atoms with Crippen LogP contribution in [0.2, 0.25) is 0 Å². The monoisotopic (exact) mass is 436 g/mol. The van der Waals surface area contributed by atoms with E-state index in [-0.39, 0.29) is 30.4 Å². The largest absolute Gasteiger partial charge is 0.513 e. The minimum Gasteiger partial charge on any atom is -0.434 e. The first-order valence-electron chi connectivity index (χ1n) is 9.84. The summed E-state index contributed by atoms with van der Waals surface area (Å²) in [6.07, 6.45) is -0.807. The van der Waals surface area contributed by atoms with Gasteiger partial charge >= 0.3 is 6.16 Å². The van der Waals surface area contributed by atoms with E-state index < -0.39 is 17.9 Å². The molecule has 32 heavy (non-hydrogen) atoms. The van der Waals surface area contributed by atoms with Crippen molar-refractivity contribution in [2.45, 2.75) is 13.5 Å². The molecule has 0 heterocycles. The highest BCUT2D eigenvalue weighted by Gasteiger charge is 2.11. The Morgan fingerprint density at radius 2 is 1.56 bits per heavy atom. The molecule has 164 valence electrons. The lowest BCUT2D eigenvalue weighted by atomic mass is 10.1. The Balaban J connectivity index is 1.51. The number of halogens is 1. The third-order valence-electron chi connectivity index (χ3n) is 4.36. The SMILES string of the molecule is CCOC(=O)Oc1ccc(C(=O)NCc2ccc(NC(=O)c3ccccc3F)cc2)cc1. The van der Waals surface area contributed by atoms with Crippen LogP contribution in [0.15, 0.2) is 72.8 Å². The zero-order valence-corrected chi connectivity index (χ0v) is 17.3. The van der Waals surface area contributed by atoms with Crippen LogP contribution in [-0.2, 0) is 11.3 Å². The molecule has 0 saturated heterocycles. The summed E-state index contributed by atoms with van der Waals surface area (Å²) >= 11 is 0. The highest BCUT2D eigenvalue weighted by molar-refractivity contribution is 6.04. The molecule has 0 bridgehead atoms. The van der Waals surface area contributed by atoms with Crippen LogP contribution in [0.1, 0.15) is 33.2 Å². The number of amides is 2. The second-order valence-electron chi connectivity index (χ2n) is 6.62. The predicted molar refractivity (Wildman–Crippen MR) is 116 cm³/mol. The van der Waals surface area contributed by atoms with E-state index in [9.17, 15) is 18.8 Å². The number of rotatable bonds is 7. The van der Waals surface area contributed by atoms with Gasteiger partial charge in [0.15, 0.2) is 0 Å². The van der Waals surface area contributed by atoms with Crippen LogP contribution in [0.4, 0.5) is 14.9 Å². The van der Waals surface area contributed by atoms with Crippen LogP contribution in [0.25, 0.3) is 0 Å². The molecule has 0 aliphatic heterocycles. The summed E-state index contributed by atoms with van der Waals surface area (Å²) in [7, 11) is 0. The van der Waals surface area contributed by atoms with Gasteiger partial charge in [0.25, 0.3) is 11.8 Å². The molecule has 7 nitrogen and oxygen atoms in total. The highest BCUT2D eigenvalue weighted by Crippen LogP contribution is 2.15. The quantitative estimate of drug-likeness (QED) is 0.419. The molecule has 0 aliphatic rings. The van der Waals surface area contributed by atoms with Crippen LogP contribution in [0.5, 0.6) is 5.75 Å². The van der Waals surface area contributed by atoms with Gasteiger partial charge in [0.2, 0.25) is 0 Å². The van der Waals surface area contributed by atoms with E-state index in [0.717, 1.165) is 5.56 Å². The van der Waals surface area contributed by atoms with Crippen molar-refractivity contribution in [1.29, 1.82) is 0 Å². The maximum Gasteiger partial charge on any atom is 0.513 e. The number of carbonyl (C=O) groups excluding carboxylic acids is 3. The van der Waals surface area contributed by atoms with E-state index >= 15 is 0 Å². The third-order valence-corrected chi connectivity index (χ3v) is 4.36. The fraction of sp³-hybridized carbons (Fsp3) is 0.125. The van der Waals surface area contributed by atoms with Crippen LogP contribution in [-0.4, -0.2) is 24.6 Å². The number of nitrogens with one attached hydrogen (secondary N) is 2. The highest BCUT2D eigenvalue weighted by atomic mass is 19.1. The molecule has 2 amide bonds. The van der Waals surface area contributed by atoms with E-state index in [1.165, 1.54) is 42.5 Å². The summed E-state index contributed by atoms with van der Waals surface area (Å²) in [5.41, 5.74) is 1.67. The van der Waals surface area contributed by atoms with E-state index in [2.05, 4.69) is 15.4 Å². The predicted octanol–water partition coefficient (Wildman–Crippen LogP) is 4.54. The minimum absolute atomic E-state index is 0.0393. The molecule has 3 aromatic rings. The van der Waals surface area contributed by atoms with Crippen molar-refractivity contribution >= 4 is 23.7 Å². The first-order chi connectivity index (χ1) is 15.5. The van der Waals surface area contributed by atoms with Gasteiger partial charge in [0, 0.05) is 17.8 Å². The van der Waals surface area contributed by atoms with Crippen LogP contribution in [0, 0.1) is 5.82 Å². The van der Waals surface area contributed by atoms with Gasteiger partial charge < -0.3 is 20.1 Å². The Kier molecular flexibility index (Phi) is 7.53. The zero-order valence-electron chi connectivity index (χ0n) is 17.3. The number of hydrogen-bond acceptors (Lipinski definition) is 5. The molecule has 2 N–H and O–H groups in total. The molecule has 0 unspecified atom stereocenters. The smallest absolute Gasteiger partial charge is 0.434 e. The van der Waals surface area contributed by atoms with Crippen molar-refractivity contribution < 1.29 is 28.2 Å². The molecule has 0 saturated carbocycles. The van der Waals surface area contributed by atoms with Crippen LogP contribution >= 0.6 is 0 Å². The van der Waals surface area contributed by atoms with Gasteiger partial charge in [0.1, 0.15) is 11.6 Å². The van der Waals surface area contributed by atoms with Gasteiger partial charge in [-0.1, -0.05) is 24.3 Å². The minimum atomic E-state index is -0.807. The van der Waals surface area contributed by atoms with Crippen molar-refractivity contribution in [3.63, 3.8) is 0 Å². The van der Waals surface area contributed by atoms with Gasteiger partial charge in [0.05, 0.1) is 12.2 Å². The van der Waals surface area contributed by atoms with Crippen molar-refractivity contribution in [2.24, 2.45) is 0 Å². The molecule has 8 heteroatoms. The third kappa shape index (κ3) is 6.15. The van der Waals surface area contributed by atoms with Gasteiger partial charge in [-0.2, -0.15) is 0 Å². The average Bonchev–Trinajstić information content (AvgIpc) is 2.79. The average molecular weight is 436 g/mol. The van der Waals surface area contributed by atoms with Crippen LogP contribution in [0.3, 0.4) is 0 Å². The maximum absolute atomic E-state index is 13.7. The second kappa shape index (κ2) is 10.7. The van der Waals surface area contributed by atoms with E-state index in [1.807, 2.05) is 0 Å². The number of ether oxygens (including phenoxy) is 2. The van der Waals surface area contributed by atoms with Gasteiger partial charge in [-0.25, -0.2) is 9.18 Å². The Morgan fingerprint density at radius 1 is 0.875 bits per heavy atom. The van der Waals surface area contributed by atoms with Gasteiger partial charge in [-0.05, 0) is 61.0 Å². The summed E-state index contributed by atoms with van der Waals surface area (Å²) in [5.74, 6) is -1.16. The van der Waals surface area contributed by atoms with Gasteiger partial charge in [-0.3, -0.25) is 9.59 Å². The molecule has 3 aromatic carbocycles. The Morgan fingerprint density at radius 3 is 2.22 bits per heavy atom. The van der Waals surface area contributed by atoms with Gasteiger partial charge in [-0.15, -0.1) is 0 Å². The number of anilines is 1. The molecule has 3 rings (SSSR count). The molecular weight excluding hydrogens is 415 g/mol. The number of hydrogen-bond donors (Lipinski definition) is 2. The topological polar surface area (TPSA) is 93.7 Å². The first kappa shape index (κ1) is 22.5. The summed E-state index contributed by atoms with van der Waals surface area (Å²) in [4.78, 5) is 35.8. The lowest BCUT2D eigenvalue weighted by Gasteiger charge is -2.09.